The predicted octanol–water partition coefficient (Wildman–Crippen LogP) is 0.243. The van der Waals surface area contributed by atoms with E-state index < -0.39 is 0 Å². The zero-order chi connectivity index (χ0) is 11.5. The van der Waals surface area contributed by atoms with Crippen LogP contribution in [0, 0.1) is 0 Å². The Hall–Kier alpha value is -0.610. The van der Waals surface area contributed by atoms with Crippen molar-refractivity contribution in [3.05, 3.63) is 0 Å². The maximum absolute atomic E-state index is 11.6. The highest BCUT2D eigenvalue weighted by molar-refractivity contribution is 5.78. The highest BCUT2D eigenvalue weighted by atomic mass is 16.2. The van der Waals surface area contributed by atoms with Gasteiger partial charge in [0.2, 0.25) is 5.91 Å². The lowest BCUT2D eigenvalue weighted by atomic mass is 10.0. The Balaban J connectivity index is 2.28. The molecule has 0 bridgehead atoms. The third kappa shape index (κ3) is 4.62. The summed E-state index contributed by atoms with van der Waals surface area (Å²) in [6, 6.07) is 0. The van der Waals surface area contributed by atoms with Crippen molar-refractivity contribution in [2.45, 2.75) is 45.2 Å². The average molecular weight is 213 g/mol. The molecule has 4 nitrogen and oxygen atoms in total. The van der Waals surface area contributed by atoms with Crippen LogP contribution in [0.5, 0.6) is 0 Å². The van der Waals surface area contributed by atoms with Gasteiger partial charge in [0.25, 0.3) is 0 Å². The molecule has 1 amide bonds. The molecule has 1 fully saturated rings. The molecule has 4 heteroatoms. The summed E-state index contributed by atoms with van der Waals surface area (Å²) in [5.41, 5.74) is -0.0666. The summed E-state index contributed by atoms with van der Waals surface area (Å²) in [6.07, 6.45) is 1.08. The zero-order valence-electron chi connectivity index (χ0n) is 10.2. The first-order valence-electron chi connectivity index (χ1n) is 5.58. The monoisotopic (exact) mass is 213 g/mol. The van der Waals surface area contributed by atoms with Crippen LogP contribution in [0.25, 0.3) is 0 Å². The fraction of sp³-hybridized carbons (Fsp3) is 0.909. The van der Waals surface area contributed by atoms with Gasteiger partial charge in [-0.2, -0.15) is 0 Å². The summed E-state index contributed by atoms with van der Waals surface area (Å²) in [4.78, 5) is 11.6. The minimum Gasteiger partial charge on any atom is -0.350 e. The van der Waals surface area contributed by atoms with E-state index >= 15 is 0 Å². The summed E-state index contributed by atoms with van der Waals surface area (Å²) >= 11 is 0. The molecule has 0 aliphatic carbocycles. The number of nitrogens with one attached hydrogen (secondary N) is 3. The first kappa shape index (κ1) is 12.5. The summed E-state index contributed by atoms with van der Waals surface area (Å²) in [5.74, 6) is 0.0654. The van der Waals surface area contributed by atoms with Crippen molar-refractivity contribution >= 4 is 5.91 Å². The van der Waals surface area contributed by atoms with Crippen molar-refractivity contribution < 1.29 is 4.79 Å². The van der Waals surface area contributed by atoms with Crippen molar-refractivity contribution in [1.82, 2.24) is 16.0 Å². The second kappa shape index (κ2) is 4.49. The maximum Gasteiger partial charge on any atom is 0.234 e. The van der Waals surface area contributed by atoms with Crippen LogP contribution in [0.4, 0.5) is 0 Å². The normalized spacial score (nSPS) is 26.7. The minimum atomic E-state index is -0.145. The smallest absolute Gasteiger partial charge is 0.234 e. The number of carbonyl (C=O) groups excluding carboxylic acids is 1. The van der Waals surface area contributed by atoms with Gasteiger partial charge in [-0.3, -0.25) is 4.79 Å². The Labute approximate surface area is 92.2 Å². The van der Waals surface area contributed by atoms with E-state index in [-0.39, 0.29) is 17.0 Å². The highest BCUT2D eigenvalue weighted by Gasteiger charge is 2.28. The Morgan fingerprint density at radius 2 is 2.13 bits per heavy atom. The topological polar surface area (TPSA) is 53.2 Å². The molecule has 0 aromatic carbocycles. The van der Waals surface area contributed by atoms with E-state index in [0.717, 1.165) is 19.5 Å². The lowest BCUT2D eigenvalue weighted by Gasteiger charge is -2.26. The molecular formula is C11H23N3O. The molecule has 1 saturated heterocycles. The number of hydrogen-bond donors (Lipinski definition) is 3. The molecule has 1 aliphatic rings. The van der Waals surface area contributed by atoms with Crippen LogP contribution < -0.4 is 16.0 Å². The van der Waals surface area contributed by atoms with Gasteiger partial charge in [0.05, 0.1) is 6.54 Å². The van der Waals surface area contributed by atoms with E-state index in [2.05, 4.69) is 22.9 Å². The summed E-state index contributed by atoms with van der Waals surface area (Å²) in [7, 11) is 0. The number of rotatable bonds is 3. The first-order chi connectivity index (χ1) is 6.81. The summed E-state index contributed by atoms with van der Waals surface area (Å²) in [5, 5.41) is 9.53. The molecule has 15 heavy (non-hydrogen) atoms. The van der Waals surface area contributed by atoms with Crippen molar-refractivity contribution in [3.63, 3.8) is 0 Å². The molecule has 0 saturated carbocycles. The quantitative estimate of drug-likeness (QED) is 0.629. The second-order valence-corrected chi connectivity index (χ2v) is 5.64. The minimum absolute atomic E-state index is 0.0654. The molecule has 3 N–H and O–H groups in total. The predicted molar refractivity (Wildman–Crippen MR) is 61.8 cm³/mol. The highest BCUT2D eigenvalue weighted by Crippen LogP contribution is 2.12. The van der Waals surface area contributed by atoms with Crippen LogP contribution in [0.3, 0.4) is 0 Å². The standard InChI is InChI=1S/C11H23N3O/c1-10(2,3)14-9(15)7-13-11(4)5-6-12-8-11/h12-13H,5-8H2,1-4H3,(H,14,15). The Kier molecular flexibility index (Phi) is 3.73. The van der Waals surface area contributed by atoms with E-state index in [1.54, 1.807) is 0 Å². The molecule has 1 unspecified atom stereocenters. The first-order valence-corrected chi connectivity index (χ1v) is 5.58. The fourth-order valence-corrected chi connectivity index (χ4v) is 1.72. The Bertz CT molecular complexity index is 226. The van der Waals surface area contributed by atoms with Crippen molar-refractivity contribution in [3.8, 4) is 0 Å². The van der Waals surface area contributed by atoms with E-state index in [0.29, 0.717) is 6.54 Å². The summed E-state index contributed by atoms with van der Waals surface area (Å²) < 4.78 is 0. The second-order valence-electron chi connectivity index (χ2n) is 5.64. The molecule has 0 spiro atoms. The molecule has 1 atom stereocenters. The third-order valence-corrected chi connectivity index (χ3v) is 2.56. The zero-order valence-corrected chi connectivity index (χ0v) is 10.2. The van der Waals surface area contributed by atoms with Gasteiger partial charge in [-0.1, -0.05) is 0 Å². The van der Waals surface area contributed by atoms with E-state index in [9.17, 15) is 4.79 Å². The lowest BCUT2D eigenvalue weighted by molar-refractivity contribution is -0.121. The van der Waals surface area contributed by atoms with Gasteiger partial charge in [-0.15, -0.1) is 0 Å². The maximum atomic E-state index is 11.6. The molecule has 0 aromatic rings. The molecular weight excluding hydrogens is 190 g/mol. The van der Waals surface area contributed by atoms with Crippen LogP contribution >= 0.6 is 0 Å². The summed E-state index contributed by atoms with van der Waals surface area (Å²) in [6.45, 7) is 10.5. The van der Waals surface area contributed by atoms with Gasteiger partial charge in [0.15, 0.2) is 0 Å². The number of hydrogen-bond acceptors (Lipinski definition) is 3. The van der Waals surface area contributed by atoms with Crippen LogP contribution in [-0.2, 0) is 4.79 Å². The SMILES string of the molecule is CC(C)(C)NC(=O)CNC1(C)CCNC1. The van der Waals surface area contributed by atoms with Gasteiger partial charge in [0.1, 0.15) is 0 Å². The molecule has 1 aliphatic heterocycles. The number of amides is 1. The third-order valence-electron chi connectivity index (χ3n) is 2.56. The average Bonchev–Trinajstić information content (AvgIpc) is 2.47. The molecule has 0 aromatic heterocycles. The fourth-order valence-electron chi connectivity index (χ4n) is 1.72. The van der Waals surface area contributed by atoms with Crippen LogP contribution in [-0.4, -0.2) is 36.6 Å². The van der Waals surface area contributed by atoms with Crippen molar-refractivity contribution in [1.29, 1.82) is 0 Å². The largest absolute Gasteiger partial charge is 0.350 e. The van der Waals surface area contributed by atoms with Crippen molar-refractivity contribution in [2.24, 2.45) is 0 Å². The van der Waals surface area contributed by atoms with Crippen LogP contribution in [0.15, 0.2) is 0 Å². The van der Waals surface area contributed by atoms with E-state index in [1.165, 1.54) is 0 Å². The number of carbonyl (C=O) groups is 1. The van der Waals surface area contributed by atoms with Crippen LogP contribution in [0.2, 0.25) is 0 Å². The molecule has 0 radical (unpaired) electrons. The molecule has 1 rings (SSSR count). The van der Waals surface area contributed by atoms with Gasteiger partial charge >= 0.3 is 0 Å². The molecule has 1 heterocycles. The van der Waals surface area contributed by atoms with Gasteiger partial charge in [-0.25, -0.2) is 0 Å². The van der Waals surface area contributed by atoms with E-state index in [1.807, 2.05) is 20.8 Å². The Morgan fingerprint density at radius 1 is 1.47 bits per heavy atom. The van der Waals surface area contributed by atoms with Gasteiger partial charge in [-0.05, 0) is 40.7 Å². The van der Waals surface area contributed by atoms with Gasteiger partial charge in [0, 0.05) is 17.6 Å². The molecule has 88 valence electrons. The van der Waals surface area contributed by atoms with Crippen molar-refractivity contribution in [2.75, 3.05) is 19.6 Å². The van der Waals surface area contributed by atoms with E-state index in [4.69, 9.17) is 0 Å². The Morgan fingerprint density at radius 3 is 2.60 bits per heavy atom. The lowest BCUT2D eigenvalue weighted by Crippen LogP contribution is -2.51. The van der Waals surface area contributed by atoms with Crippen LogP contribution in [0.1, 0.15) is 34.1 Å². The van der Waals surface area contributed by atoms with Gasteiger partial charge < -0.3 is 16.0 Å².